The zero-order valence-electron chi connectivity index (χ0n) is 9.48. The summed E-state index contributed by atoms with van der Waals surface area (Å²) in [7, 11) is 0. The minimum absolute atomic E-state index is 0.197. The van der Waals surface area contributed by atoms with Crippen LogP contribution in [0.4, 0.5) is 0 Å². The number of hydrogen-bond acceptors (Lipinski definition) is 1. The van der Waals surface area contributed by atoms with Crippen molar-refractivity contribution in [2.24, 2.45) is 0 Å². The first-order valence-electron chi connectivity index (χ1n) is 5.57. The average molecular weight is 212 g/mol. The van der Waals surface area contributed by atoms with E-state index in [1.165, 1.54) is 22.3 Å². The number of hydrogen-bond donors (Lipinski definition) is 1. The maximum atomic E-state index is 9.05. The van der Waals surface area contributed by atoms with Crippen LogP contribution >= 0.6 is 0 Å². The second kappa shape index (κ2) is 4.95. The van der Waals surface area contributed by atoms with E-state index in [9.17, 15) is 0 Å². The third-order valence-electron chi connectivity index (χ3n) is 2.73. The number of aryl methyl sites for hydroxylation is 1. The van der Waals surface area contributed by atoms with Crippen molar-refractivity contribution >= 4 is 0 Å². The van der Waals surface area contributed by atoms with Gasteiger partial charge in [0.15, 0.2) is 0 Å². The van der Waals surface area contributed by atoms with E-state index < -0.39 is 0 Å². The molecule has 0 heterocycles. The monoisotopic (exact) mass is 212 g/mol. The quantitative estimate of drug-likeness (QED) is 0.828. The van der Waals surface area contributed by atoms with Crippen LogP contribution in [0.25, 0.3) is 11.1 Å². The van der Waals surface area contributed by atoms with Gasteiger partial charge in [0.25, 0.3) is 0 Å². The molecule has 0 spiro atoms. The summed E-state index contributed by atoms with van der Waals surface area (Å²) in [6.45, 7) is 2.29. The van der Waals surface area contributed by atoms with Crippen LogP contribution in [0.2, 0.25) is 0 Å². The first-order valence-corrected chi connectivity index (χ1v) is 5.57. The molecule has 2 aromatic rings. The van der Waals surface area contributed by atoms with Crippen molar-refractivity contribution in [1.82, 2.24) is 0 Å². The fourth-order valence-electron chi connectivity index (χ4n) is 1.95. The summed E-state index contributed by atoms with van der Waals surface area (Å²) < 4.78 is 0. The molecule has 0 saturated heterocycles. The third-order valence-corrected chi connectivity index (χ3v) is 2.73. The van der Waals surface area contributed by atoms with Crippen molar-refractivity contribution in [3.63, 3.8) is 0 Å². The van der Waals surface area contributed by atoms with Gasteiger partial charge in [0.2, 0.25) is 0 Å². The molecule has 0 aliphatic carbocycles. The van der Waals surface area contributed by atoms with E-state index >= 15 is 0 Å². The molecule has 0 fully saturated rings. The highest BCUT2D eigenvalue weighted by molar-refractivity contribution is 5.67. The van der Waals surface area contributed by atoms with Crippen LogP contribution < -0.4 is 0 Å². The Bertz CT molecular complexity index is 474. The zero-order valence-corrected chi connectivity index (χ0v) is 9.48. The molecule has 0 saturated carbocycles. The normalized spacial score (nSPS) is 10.4. The Morgan fingerprint density at radius 2 is 1.81 bits per heavy atom. The van der Waals surface area contributed by atoms with Gasteiger partial charge in [-0.2, -0.15) is 0 Å². The van der Waals surface area contributed by atoms with Gasteiger partial charge in [0.05, 0.1) is 0 Å². The highest BCUT2D eigenvalue weighted by Gasteiger charge is 2.03. The number of rotatable bonds is 3. The Hall–Kier alpha value is -1.60. The van der Waals surface area contributed by atoms with E-state index in [4.69, 9.17) is 5.11 Å². The molecule has 0 amide bonds. The third kappa shape index (κ3) is 2.31. The van der Waals surface area contributed by atoms with Crippen LogP contribution in [-0.2, 0) is 6.42 Å². The van der Waals surface area contributed by atoms with E-state index in [0.29, 0.717) is 6.42 Å². The summed E-state index contributed by atoms with van der Waals surface area (Å²) in [5.74, 6) is 0. The molecule has 82 valence electrons. The van der Waals surface area contributed by atoms with E-state index in [1.807, 2.05) is 12.1 Å². The molecule has 0 unspecified atom stereocenters. The van der Waals surface area contributed by atoms with Gasteiger partial charge in [0, 0.05) is 6.61 Å². The van der Waals surface area contributed by atoms with Crippen LogP contribution in [0.15, 0.2) is 48.5 Å². The Morgan fingerprint density at radius 1 is 1.00 bits per heavy atom. The Labute approximate surface area is 96.4 Å². The lowest BCUT2D eigenvalue weighted by atomic mass is 9.97. The summed E-state index contributed by atoms with van der Waals surface area (Å²) in [6.07, 6.45) is 0.712. The van der Waals surface area contributed by atoms with Crippen LogP contribution in [0.3, 0.4) is 0 Å². The molecule has 0 atom stereocenters. The topological polar surface area (TPSA) is 20.2 Å². The summed E-state index contributed by atoms with van der Waals surface area (Å²) in [5, 5.41) is 9.05. The Morgan fingerprint density at radius 3 is 2.56 bits per heavy atom. The Balaban J connectivity index is 2.46. The number of aliphatic hydroxyl groups is 1. The molecule has 1 heteroatoms. The molecule has 1 N–H and O–H groups in total. The van der Waals surface area contributed by atoms with Crippen molar-refractivity contribution < 1.29 is 5.11 Å². The minimum Gasteiger partial charge on any atom is -0.396 e. The zero-order chi connectivity index (χ0) is 11.4. The van der Waals surface area contributed by atoms with Gasteiger partial charge in [-0.1, -0.05) is 54.1 Å². The molecule has 16 heavy (non-hydrogen) atoms. The van der Waals surface area contributed by atoms with Crippen molar-refractivity contribution in [2.45, 2.75) is 13.3 Å². The molecule has 0 aliphatic rings. The van der Waals surface area contributed by atoms with Crippen LogP contribution in [-0.4, -0.2) is 11.7 Å². The van der Waals surface area contributed by atoms with Gasteiger partial charge in [-0.25, -0.2) is 0 Å². The predicted molar refractivity (Wildman–Crippen MR) is 67.4 cm³/mol. The predicted octanol–water partition coefficient (Wildman–Crippen LogP) is 3.20. The van der Waals surface area contributed by atoms with E-state index in [0.717, 1.165) is 0 Å². The van der Waals surface area contributed by atoms with Crippen LogP contribution in [0, 0.1) is 6.92 Å². The van der Waals surface area contributed by atoms with Gasteiger partial charge in [-0.05, 0) is 30.0 Å². The van der Waals surface area contributed by atoms with Gasteiger partial charge in [-0.3, -0.25) is 0 Å². The average Bonchev–Trinajstić information content (AvgIpc) is 2.30. The summed E-state index contributed by atoms with van der Waals surface area (Å²) >= 11 is 0. The highest BCUT2D eigenvalue weighted by Crippen LogP contribution is 2.24. The SMILES string of the molecule is Cc1cccc(-c2ccccc2CCO)c1. The van der Waals surface area contributed by atoms with E-state index in [-0.39, 0.29) is 6.61 Å². The van der Waals surface area contributed by atoms with Gasteiger partial charge < -0.3 is 5.11 Å². The van der Waals surface area contributed by atoms with E-state index in [2.05, 4.69) is 43.3 Å². The van der Waals surface area contributed by atoms with E-state index in [1.54, 1.807) is 0 Å². The van der Waals surface area contributed by atoms with Crippen molar-refractivity contribution in [3.05, 3.63) is 59.7 Å². The van der Waals surface area contributed by atoms with Gasteiger partial charge in [-0.15, -0.1) is 0 Å². The maximum Gasteiger partial charge on any atom is 0.0471 e. The molecule has 2 aromatic carbocycles. The van der Waals surface area contributed by atoms with Gasteiger partial charge >= 0.3 is 0 Å². The minimum atomic E-state index is 0.197. The second-order valence-corrected chi connectivity index (χ2v) is 4.00. The molecule has 0 bridgehead atoms. The molecule has 0 radical (unpaired) electrons. The molecular weight excluding hydrogens is 196 g/mol. The highest BCUT2D eigenvalue weighted by atomic mass is 16.2. The first-order chi connectivity index (χ1) is 7.81. The van der Waals surface area contributed by atoms with Crippen molar-refractivity contribution in [1.29, 1.82) is 0 Å². The van der Waals surface area contributed by atoms with Crippen molar-refractivity contribution in [2.75, 3.05) is 6.61 Å². The molecular formula is C15H16O. The van der Waals surface area contributed by atoms with Gasteiger partial charge in [0.1, 0.15) is 0 Å². The lowest BCUT2D eigenvalue weighted by molar-refractivity contribution is 0.300. The van der Waals surface area contributed by atoms with Crippen molar-refractivity contribution in [3.8, 4) is 11.1 Å². The molecule has 2 rings (SSSR count). The molecule has 1 nitrogen and oxygen atoms in total. The Kier molecular flexibility index (Phi) is 3.37. The standard InChI is InChI=1S/C15H16O/c1-12-5-4-7-14(11-12)15-8-3-2-6-13(15)9-10-16/h2-8,11,16H,9-10H2,1H3. The first kappa shape index (κ1) is 10.9. The molecule has 0 aliphatic heterocycles. The fourth-order valence-corrected chi connectivity index (χ4v) is 1.95. The number of aliphatic hydroxyl groups excluding tert-OH is 1. The lowest BCUT2D eigenvalue weighted by Crippen LogP contribution is -1.94. The summed E-state index contributed by atoms with van der Waals surface area (Å²) in [6, 6.07) is 16.7. The largest absolute Gasteiger partial charge is 0.396 e. The molecule has 0 aromatic heterocycles. The summed E-state index contributed by atoms with van der Waals surface area (Å²) in [5.41, 5.74) is 4.91. The van der Waals surface area contributed by atoms with Crippen LogP contribution in [0.5, 0.6) is 0 Å². The fraction of sp³-hybridized carbons (Fsp3) is 0.200. The second-order valence-electron chi connectivity index (χ2n) is 4.00. The lowest BCUT2D eigenvalue weighted by Gasteiger charge is -2.09. The number of benzene rings is 2. The van der Waals surface area contributed by atoms with Crippen LogP contribution in [0.1, 0.15) is 11.1 Å². The maximum absolute atomic E-state index is 9.05. The smallest absolute Gasteiger partial charge is 0.0471 e. The summed E-state index contributed by atoms with van der Waals surface area (Å²) in [4.78, 5) is 0.